The molecule has 0 aromatic carbocycles. The molecular formula is C8H10BrNOS. The van der Waals surface area contributed by atoms with Crippen molar-refractivity contribution in [3.8, 4) is 0 Å². The normalized spacial score (nSPS) is 9.92. The first-order valence-electron chi connectivity index (χ1n) is 3.64. The van der Waals surface area contributed by atoms with Gasteiger partial charge in [-0.1, -0.05) is 0 Å². The molecule has 4 heteroatoms. The molecule has 0 aliphatic heterocycles. The molecule has 1 aromatic rings. The highest BCUT2D eigenvalue weighted by Crippen LogP contribution is 2.20. The summed E-state index contributed by atoms with van der Waals surface area (Å²) in [7, 11) is 1.80. The zero-order valence-electron chi connectivity index (χ0n) is 7.00. The summed E-state index contributed by atoms with van der Waals surface area (Å²) < 4.78 is 0.973. The maximum atomic E-state index is 11.5. The van der Waals surface area contributed by atoms with E-state index < -0.39 is 0 Å². The number of hydrogen-bond donors (Lipinski definition) is 0. The Morgan fingerprint density at radius 2 is 2.42 bits per heavy atom. The minimum absolute atomic E-state index is 0.0909. The van der Waals surface area contributed by atoms with Crippen molar-refractivity contribution in [3.63, 3.8) is 0 Å². The van der Waals surface area contributed by atoms with Crippen molar-refractivity contribution in [1.82, 2.24) is 4.90 Å². The standard InChI is InChI=1S/C8H10BrNOS/c1-3-10(2)8(11)7-4-6(9)5-12-7/h4-5H,3H2,1-2H3. The number of amides is 1. The fourth-order valence-electron chi connectivity index (χ4n) is 0.757. The van der Waals surface area contributed by atoms with E-state index in [0.29, 0.717) is 0 Å². The van der Waals surface area contributed by atoms with E-state index in [9.17, 15) is 4.79 Å². The zero-order chi connectivity index (χ0) is 9.14. The lowest BCUT2D eigenvalue weighted by atomic mass is 10.4. The molecule has 12 heavy (non-hydrogen) atoms. The van der Waals surface area contributed by atoms with Crippen molar-refractivity contribution in [3.05, 3.63) is 20.8 Å². The van der Waals surface area contributed by atoms with E-state index in [-0.39, 0.29) is 5.91 Å². The number of thiophene rings is 1. The van der Waals surface area contributed by atoms with E-state index in [1.54, 1.807) is 11.9 Å². The Kier molecular flexibility index (Phi) is 3.29. The number of hydrogen-bond acceptors (Lipinski definition) is 2. The Balaban J connectivity index is 2.78. The molecular weight excluding hydrogens is 238 g/mol. The van der Waals surface area contributed by atoms with Crippen LogP contribution in [0.15, 0.2) is 15.9 Å². The molecule has 0 unspecified atom stereocenters. The van der Waals surface area contributed by atoms with Crippen molar-refractivity contribution in [2.45, 2.75) is 6.92 Å². The van der Waals surface area contributed by atoms with E-state index in [1.807, 2.05) is 18.4 Å². The van der Waals surface area contributed by atoms with Gasteiger partial charge in [0.15, 0.2) is 0 Å². The summed E-state index contributed by atoms with van der Waals surface area (Å²) in [4.78, 5) is 14.0. The van der Waals surface area contributed by atoms with Crippen molar-refractivity contribution < 1.29 is 4.79 Å². The van der Waals surface area contributed by atoms with Crippen LogP contribution in [0.25, 0.3) is 0 Å². The van der Waals surface area contributed by atoms with Gasteiger partial charge in [-0.2, -0.15) is 0 Å². The second kappa shape index (κ2) is 4.05. The molecule has 0 atom stereocenters. The van der Waals surface area contributed by atoms with Gasteiger partial charge in [-0.3, -0.25) is 4.79 Å². The second-order valence-corrected chi connectivity index (χ2v) is 4.28. The van der Waals surface area contributed by atoms with Crippen LogP contribution in [-0.2, 0) is 0 Å². The summed E-state index contributed by atoms with van der Waals surface area (Å²) in [5.41, 5.74) is 0. The average Bonchev–Trinajstić information content (AvgIpc) is 2.49. The SMILES string of the molecule is CCN(C)C(=O)c1cc(Br)cs1. The molecule has 0 spiro atoms. The number of nitrogens with zero attached hydrogens (tertiary/aromatic N) is 1. The fraction of sp³-hybridized carbons (Fsp3) is 0.375. The van der Waals surface area contributed by atoms with Crippen LogP contribution in [0, 0.1) is 0 Å². The molecule has 2 nitrogen and oxygen atoms in total. The van der Waals surface area contributed by atoms with Crippen LogP contribution in [0.3, 0.4) is 0 Å². The highest BCUT2D eigenvalue weighted by molar-refractivity contribution is 9.10. The van der Waals surface area contributed by atoms with Gasteiger partial charge < -0.3 is 4.90 Å². The van der Waals surface area contributed by atoms with Crippen LogP contribution in [0.4, 0.5) is 0 Å². The lowest BCUT2D eigenvalue weighted by Gasteiger charge is -2.12. The van der Waals surface area contributed by atoms with E-state index in [4.69, 9.17) is 0 Å². The van der Waals surface area contributed by atoms with E-state index in [2.05, 4.69) is 15.9 Å². The van der Waals surface area contributed by atoms with E-state index >= 15 is 0 Å². The second-order valence-electron chi connectivity index (χ2n) is 2.45. The summed E-state index contributed by atoms with van der Waals surface area (Å²) in [5, 5.41) is 1.91. The predicted octanol–water partition coefficient (Wildman–Crippen LogP) is 2.60. The molecule has 0 N–H and O–H groups in total. The van der Waals surface area contributed by atoms with Gasteiger partial charge in [-0.15, -0.1) is 11.3 Å². The van der Waals surface area contributed by atoms with Crippen LogP contribution in [0.2, 0.25) is 0 Å². The third-order valence-electron chi connectivity index (χ3n) is 1.60. The molecule has 1 rings (SSSR count). The summed E-state index contributed by atoms with van der Waals surface area (Å²) in [5.74, 6) is 0.0909. The minimum atomic E-state index is 0.0909. The first-order valence-corrected chi connectivity index (χ1v) is 5.32. The molecule has 0 bridgehead atoms. The van der Waals surface area contributed by atoms with Crippen molar-refractivity contribution in [2.75, 3.05) is 13.6 Å². The lowest BCUT2D eigenvalue weighted by molar-refractivity contribution is 0.0807. The van der Waals surface area contributed by atoms with Gasteiger partial charge in [0.1, 0.15) is 0 Å². The number of carbonyl (C=O) groups is 1. The van der Waals surface area contributed by atoms with Gasteiger partial charge >= 0.3 is 0 Å². The summed E-state index contributed by atoms with van der Waals surface area (Å²) in [6, 6.07) is 1.85. The quantitative estimate of drug-likeness (QED) is 0.787. The van der Waals surface area contributed by atoms with Gasteiger partial charge in [0.25, 0.3) is 5.91 Å². The molecule has 0 aliphatic rings. The Bertz CT molecular complexity index is 284. The van der Waals surface area contributed by atoms with E-state index in [1.165, 1.54) is 11.3 Å². The molecule has 0 radical (unpaired) electrons. The first-order chi connectivity index (χ1) is 5.65. The molecule has 1 amide bonds. The zero-order valence-corrected chi connectivity index (χ0v) is 9.41. The van der Waals surface area contributed by atoms with Crippen LogP contribution in [0.5, 0.6) is 0 Å². The highest BCUT2D eigenvalue weighted by atomic mass is 79.9. The van der Waals surface area contributed by atoms with Crippen LogP contribution in [0.1, 0.15) is 16.6 Å². The van der Waals surface area contributed by atoms with Crippen LogP contribution in [-0.4, -0.2) is 24.4 Å². The smallest absolute Gasteiger partial charge is 0.263 e. The Hall–Kier alpha value is -0.350. The maximum absolute atomic E-state index is 11.5. The molecule has 0 aliphatic carbocycles. The molecule has 0 fully saturated rings. The highest BCUT2D eigenvalue weighted by Gasteiger charge is 2.11. The van der Waals surface area contributed by atoms with Gasteiger partial charge in [0, 0.05) is 23.4 Å². The van der Waals surface area contributed by atoms with Crippen molar-refractivity contribution in [1.29, 1.82) is 0 Å². The van der Waals surface area contributed by atoms with Crippen molar-refractivity contribution in [2.24, 2.45) is 0 Å². The number of halogens is 1. The number of carbonyl (C=O) groups excluding carboxylic acids is 1. The molecule has 0 saturated carbocycles. The molecule has 66 valence electrons. The van der Waals surface area contributed by atoms with E-state index in [0.717, 1.165) is 15.9 Å². The average molecular weight is 248 g/mol. The monoisotopic (exact) mass is 247 g/mol. The van der Waals surface area contributed by atoms with Gasteiger partial charge in [0.05, 0.1) is 4.88 Å². The summed E-state index contributed by atoms with van der Waals surface area (Å²) in [6.45, 7) is 2.70. The van der Waals surface area contributed by atoms with Crippen LogP contribution < -0.4 is 0 Å². The van der Waals surface area contributed by atoms with Crippen molar-refractivity contribution >= 4 is 33.2 Å². The minimum Gasteiger partial charge on any atom is -0.341 e. The molecule has 0 saturated heterocycles. The third kappa shape index (κ3) is 2.08. The fourth-order valence-corrected chi connectivity index (χ4v) is 2.18. The summed E-state index contributed by atoms with van der Waals surface area (Å²) in [6.07, 6.45) is 0. The Labute approximate surface area is 84.3 Å². The lowest BCUT2D eigenvalue weighted by Crippen LogP contribution is -2.25. The molecule has 1 aromatic heterocycles. The molecule has 1 heterocycles. The Morgan fingerprint density at radius 3 is 2.83 bits per heavy atom. The van der Waals surface area contributed by atoms with Gasteiger partial charge in [-0.25, -0.2) is 0 Å². The predicted molar refractivity (Wildman–Crippen MR) is 54.7 cm³/mol. The van der Waals surface area contributed by atoms with Gasteiger partial charge in [0.2, 0.25) is 0 Å². The largest absolute Gasteiger partial charge is 0.341 e. The summed E-state index contributed by atoms with van der Waals surface area (Å²) >= 11 is 4.77. The third-order valence-corrected chi connectivity index (χ3v) is 3.28. The van der Waals surface area contributed by atoms with Gasteiger partial charge in [-0.05, 0) is 28.9 Å². The van der Waals surface area contributed by atoms with Crippen LogP contribution >= 0.6 is 27.3 Å². The topological polar surface area (TPSA) is 20.3 Å². The number of rotatable bonds is 2. The maximum Gasteiger partial charge on any atom is 0.263 e. The Morgan fingerprint density at radius 1 is 1.75 bits per heavy atom. The first kappa shape index (κ1) is 9.74.